The van der Waals surface area contributed by atoms with Crippen LogP contribution >= 0.6 is 0 Å². The summed E-state index contributed by atoms with van der Waals surface area (Å²) in [6, 6.07) is 0. The molecule has 0 aromatic rings. The molecule has 0 aliphatic rings. The van der Waals surface area contributed by atoms with Crippen LogP contribution in [0.15, 0.2) is 0 Å². The first kappa shape index (κ1) is 30.3. The van der Waals surface area contributed by atoms with Crippen molar-refractivity contribution >= 4 is 16.6 Å². The van der Waals surface area contributed by atoms with Crippen LogP contribution in [0.5, 0.6) is 0 Å². The van der Waals surface area contributed by atoms with E-state index in [1.54, 1.807) is 0 Å². The van der Waals surface area contributed by atoms with Gasteiger partial charge in [-0.1, -0.05) is 90.4 Å². The summed E-state index contributed by atoms with van der Waals surface area (Å²) < 4.78 is 18.3. The van der Waals surface area contributed by atoms with Gasteiger partial charge in [-0.25, -0.2) is 0 Å². The number of rotatable bonds is 22. The van der Waals surface area contributed by atoms with Crippen LogP contribution in [0.3, 0.4) is 0 Å². The molecule has 0 spiro atoms. The zero-order valence-electron chi connectivity index (χ0n) is 21.8. The average molecular weight is 461 g/mol. The molecule has 0 aliphatic heterocycles. The van der Waals surface area contributed by atoms with E-state index in [0.29, 0.717) is 13.2 Å². The summed E-state index contributed by atoms with van der Waals surface area (Å²) >= 11 is 0. The lowest BCUT2D eigenvalue weighted by Gasteiger charge is -2.29. The zero-order chi connectivity index (χ0) is 22.7. The predicted molar refractivity (Wildman–Crippen MR) is 139 cm³/mol. The molecule has 0 heterocycles. The predicted octanol–water partition coefficient (Wildman–Crippen LogP) is 8.56. The van der Waals surface area contributed by atoms with Gasteiger partial charge in [0.1, 0.15) is 0 Å². The number of hydrogen-bond donors (Lipinski definition) is 0. The summed E-state index contributed by atoms with van der Waals surface area (Å²) in [5, 5.41) is 0. The minimum Gasteiger partial charge on any atom is -0.415 e. The minimum atomic E-state index is -1.57. The normalized spacial score (nSPS) is 13.7. The third kappa shape index (κ3) is 24.6. The van der Waals surface area contributed by atoms with Crippen LogP contribution in [-0.2, 0) is 13.6 Å². The van der Waals surface area contributed by atoms with Gasteiger partial charge in [-0.05, 0) is 45.7 Å². The van der Waals surface area contributed by atoms with Gasteiger partial charge in [-0.2, -0.15) is 0 Å². The Kier molecular flexibility index (Phi) is 19.0. The summed E-state index contributed by atoms with van der Waals surface area (Å²) in [5.41, 5.74) is 0. The van der Waals surface area contributed by atoms with E-state index in [4.69, 9.17) is 13.6 Å². The second kappa shape index (κ2) is 18.8. The Balaban J connectivity index is 3.54. The van der Waals surface area contributed by atoms with Crippen LogP contribution < -0.4 is 0 Å². The van der Waals surface area contributed by atoms with E-state index in [2.05, 4.69) is 46.2 Å². The van der Waals surface area contributed by atoms with E-state index in [1.807, 2.05) is 0 Å². The molecule has 0 amide bonds. The Morgan fingerprint density at radius 1 is 0.533 bits per heavy atom. The van der Waals surface area contributed by atoms with Crippen LogP contribution in [0.25, 0.3) is 0 Å². The monoisotopic (exact) mass is 460 g/mol. The fourth-order valence-electron chi connectivity index (χ4n) is 3.57. The molecular formula is C25H56O3Si2. The number of unbranched alkanes of at least 4 members (excludes halogenated alkanes) is 13. The van der Waals surface area contributed by atoms with E-state index >= 15 is 0 Å². The highest BCUT2D eigenvalue weighted by Crippen LogP contribution is 2.14. The molecular weight excluding hydrogens is 404 g/mol. The first-order valence-corrected chi connectivity index (χ1v) is 19.9. The molecule has 0 unspecified atom stereocenters. The van der Waals surface area contributed by atoms with Gasteiger partial charge in [-0.3, -0.25) is 0 Å². The van der Waals surface area contributed by atoms with Crippen molar-refractivity contribution in [1.29, 1.82) is 0 Å². The van der Waals surface area contributed by atoms with Gasteiger partial charge in [0.2, 0.25) is 0 Å². The summed E-state index contributed by atoms with van der Waals surface area (Å²) in [6.45, 7) is 17.9. The lowest BCUT2D eigenvalue weighted by atomic mass is 10.0. The van der Waals surface area contributed by atoms with Gasteiger partial charge in [0.15, 0.2) is 16.6 Å². The van der Waals surface area contributed by atoms with Crippen molar-refractivity contribution in [3.63, 3.8) is 0 Å². The summed E-state index contributed by atoms with van der Waals surface area (Å²) in [7, 11) is -3.08. The van der Waals surface area contributed by atoms with Crippen molar-refractivity contribution < 1.29 is 13.6 Å². The lowest BCUT2D eigenvalue weighted by molar-refractivity contribution is 0.0190. The first-order chi connectivity index (χ1) is 14.1. The van der Waals surface area contributed by atoms with E-state index in [-0.39, 0.29) is 6.10 Å². The van der Waals surface area contributed by atoms with Crippen molar-refractivity contribution in [2.24, 2.45) is 0 Å². The molecule has 5 heteroatoms. The van der Waals surface area contributed by atoms with Crippen molar-refractivity contribution in [3.8, 4) is 0 Å². The third-order valence-electron chi connectivity index (χ3n) is 5.17. The molecule has 0 radical (unpaired) electrons. The minimum absolute atomic E-state index is 0.0926. The van der Waals surface area contributed by atoms with Crippen molar-refractivity contribution in [2.45, 2.75) is 142 Å². The molecule has 1 atom stereocenters. The summed E-state index contributed by atoms with van der Waals surface area (Å²) in [4.78, 5) is 0. The molecule has 182 valence electrons. The SMILES string of the molecule is CCCCCCCCCCCCCCCCOC[C@H](CO[Si](C)(C)C)O[Si](C)(C)C. The van der Waals surface area contributed by atoms with Gasteiger partial charge in [0.05, 0.1) is 19.3 Å². The molecule has 3 nitrogen and oxygen atoms in total. The highest BCUT2D eigenvalue weighted by atomic mass is 28.4. The van der Waals surface area contributed by atoms with Gasteiger partial charge in [0.25, 0.3) is 0 Å². The Morgan fingerprint density at radius 2 is 0.967 bits per heavy atom. The molecule has 0 rings (SSSR count). The first-order valence-electron chi connectivity index (χ1n) is 13.0. The quantitative estimate of drug-likeness (QED) is 0.120. The second-order valence-electron chi connectivity index (χ2n) is 10.9. The van der Waals surface area contributed by atoms with Crippen LogP contribution in [0.2, 0.25) is 39.3 Å². The van der Waals surface area contributed by atoms with Gasteiger partial charge >= 0.3 is 0 Å². The molecule has 0 aromatic heterocycles. The maximum atomic E-state index is 6.27. The number of hydrogen-bond acceptors (Lipinski definition) is 3. The second-order valence-corrected chi connectivity index (χ2v) is 19.9. The van der Waals surface area contributed by atoms with E-state index in [0.717, 1.165) is 6.61 Å². The molecule has 0 fully saturated rings. The van der Waals surface area contributed by atoms with Crippen LogP contribution in [0.4, 0.5) is 0 Å². The fourth-order valence-corrected chi connectivity index (χ4v) is 5.39. The largest absolute Gasteiger partial charge is 0.415 e. The van der Waals surface area contributed by atoms with Gasteiger partial charge in [-0.15, -0.1) is 0 Å². The lowest BCUT2D eigenvalue weighted by Crippen LogP contribution is -2.40. The highest BCUT2D eigenvalue weighted by Gasteiger charge is 2.24. The third-order valence-corrected chi connectivity index (χ3v) is 7.24. The fraction of sp³-hybridized carbons (Fsp3) is 1.00. The van der Waals surface area contributed by atoms with Crippen LogP contribution in [0, 0.1) is 0 Å². The maximum Gasteiger partial charge on any atom is 0.184 e. The molecule has 0 N–H and O–H groups in total. The summed E-state index contributed by atoms with van der Waals surface area (Å²) in [5.74, 6) is 0. The van der Waals surface area contributed by atoms with Crippen LogP contribution in [0.1, 0.15) is 96.8 Å². The standard InChI is InChI=1S/C25H56O3Si2/c1-8-9-10-11-12-13-14-15-16-17-18-19-20-21-22-26-23-25(28-30(5,6)7)24-27-29(2,3)4/h25H,8-24H2,1-7H3/t25-/m1/s1. The molecule has 0 aliphatic carbocycles. The molecule has 0 saturated carbocycles. The van der Waals surface area contributed by atoms with Crippen molar-refractivity contribution in [1.82, 2.24) is 0 Å². The molecule has 30 heavy (non-hydrogen) atoms. The Hall–Kier alpha value is 0.314. The van der Waals surface area contributed by atoms with E-state index in [1.165, 1.54) is 89.9 Å². The summed E-state index contributed by atoms with van der Waals surface area (Å²) in [6.07, 6.45) is 19.6. The van der Waals surface area contributed by atoms with E-state index in [9.17, 15) is 0 Å². The van der Waals surface area contributed by atoms with E-state index < -0.39 is 16.6 Å². The topological polar surface area (TPSA) is 27.7 Å². The average Bonchev–Trinajstić information content (AvgIpc) is 2.64. The number of ether oxygens (including phenoxy) is 1. The highest BCUT2D eigenvalue weighted by molar-refractivity contribution is 6.70. The van der Waals surface area contributed by atoms with Gasteiger partial charge in [0, 0.05) is 6.61 Å². The Labute approximate surface area is 192 Å². The van der Waals surface area contributed by atoms with Crippen LogP contribution in [-0.4, -0.2) is 42.6 Å². The van der Waals surface area contributed by atoms with Crippen molar-refractivity contribution in [2.75, 3.05) is 19.8 Å². The molecule has 0 aromatic carbocycles. The Morgan fingerprint density at radius 3 is 1.37 bits per heavy atom. The molecule has 0 saturated heterocycles. The Bertz CT molecular complexity index is 364. The molecule has 0 bridgehead atoms. The van der Waals surface area contributed by atoms with Gasteiger partial charge < -0.3 is 13.6 Å². The van der Waals surface area contributed by atoms with Crippen molar-refractivity contribution in [3.05, 3.63) is 0 Å². The smallest absolute Gasteiger partial charge is 0.184 e. The zero-order valence-corrected chi connectivity index (χ0v) is 23.8. The maximum absolute atomic E-state index is 6.27.